The van der Waals surface area contributed by atoms with Crippen LogP contribution in [-0.2, 0) is 16.4 Å². The zero-order valence-electron chi connectivity index (χ0n) is 17.4. The van der Waals surface area contributed by atoms with Crippen LogP contribution in [0.2, 0.25) is 5.02 Å². The SMILES string of the molecule is CCn1cc(S(=O)(=O)c2ccc(Cl)cc2)c(=O)c2cc(F)c(N3CCC(C)CC3)cc21. The number of nitrogens with zero attached hydrogens (tertiary/aromatic N) is 2. The van der Waals surface area contributed by atoms with E-state index in [1.54, 1.807) is 10.6 Å². The van der Waals surface area contributed by atoms with Crippen LogP contribution in [0.5, 0.6) is 0 Å². The number of hydrogen-bond donors (Lipinski definition) is 0. The third-order valence-corrected chi connectivity index (χ3v) is 8.01. The molecule has 0 spiro atoms. The van der Waals surface area contributed by atoms with Gasteiger partial charge in [0.25, 0.3) is 0 Å². The Bertz CT molecular complexity index is 1300. The van der Waals surface area contributed by atoms with Gasteiger partial charge in [0.15, 0.2) is 0 Å². The lowest BCUT2D eigenvalue weighted by Crippen LogP contribution is -2.33. The van der Waals surface area contributed by atoms with E-state index in [1.165, 1.54) is 36.5 Å². The van der Waals surface area contributed by atoms with Gasteiger partial charge < -0.3 is 9.47 Å². The van der Waals surface area contributed by atoms with E-state index < -0.39 is 21.1 Å². The van der Waals surface area contributed by atoms with Crippen molar-refractivity contribution in [1.29, 1.82) is 0 Å². The lowest BCUT2D eigenvalue weighted by molar-refractivity contribution is 0.434. The van der Waals surface area contributed by atoms with Gasteiger partial charge in [-0.15, -0.1) is 0 Å². The second kappa shape index (κ2) is 8.28. The minimum atomic E-state index is -4.08. The van der Waals surface area contributed by atoms with Gasteiger partial charge in [0.1, 0.15) is 10.7 Å². The lowest BCUT2D eigenvalue weighted by Gasteiger charge is -2.32. The number of sulfone groups is 1. The summed E-state index contributed by atoms with van der Waals surface area (Å²) in [5.41, 5.74) is 0.277. The smallest absolute Gasteiger partial charge is 0.211 e. The maximum Gasteiger partial charge on any atom is 0.211 e. The van der Waals surface area contributed by atoms with E-state index in [1.807, 2.05) is 11.8 Å². The van der Waals surface area contributed by atoms with Crippen molar-refractivity contribution in [1.82, 2.24) is 4.57 Å². The van der Waals surface area contributed by atoms with Gasteiger partial charge in [0, 0.05) is 30.9 Å². The van der Waals surface area contributed by atoms with Gasteiger partial charge in [-0.3, -0.25) is 4.79 Å². The molecular weight excluding hydrogens is 439 g/mol. The molecule has 0 saturated carbocycles. The van der Waals surface area contributed by atoms with E-state index in [4.69, 9.17) is 11.6 Å². The van der Waals surface area contributed by atoms with Gasteiger partial charge in [-0.05, 0) is 62.1 Å². The van der Waals surface area contributed by atoms with Crippen LogP contribution < -0.4 is 10.3 Å². The summed E-state index contributed by atoms with van der Waals surface area (Å²) in [4.78, 5) is 14.8. The summed E-state index contributed by atoms with van der Waals surface area (Å²) in [7, 11) is -4.08. The molecule has 1 aromatic heterocycles. The largest absolute Gasteiger partial charge is 0.369 e. The molecule has 3 aromatic rings. The first-order valence-corrected chi connectivity index (χ1v) is 12.2. The predicted octanol–water partition coefficient (Wildman–Crippen LogP) is 4.88. The molecule has 31 heavy (non-hydrogen) atoms. The Balaban J connectivity index is 1.89. The lowest BCUT2D eigenvalue weighted by atomic mass is 9.98. The highest BCUT2D eigenvalue weighted by atomic mass is 35.5. The fraction of sp³-hybridized carbons (Fsp3) is 0.348. The number of pyridine rings is 1. The summed E-state index contributed by atoms with van der Waals surface area (Å²) in [6.45, 7) is 5.98. The number of aryl methyl sites for hydroxylation is 1. The number of benzene rings is 2. The van der Waals surface area contributed by atoms with Gasteiger partial charge >= 0.3 is 0 Å². The number of rotatable bonds is 4. The molecule has 1 saturated heterocycles. The van der Waals surface area contributed by atoms with Gasteiger partial charge in [-0.1, -0.05) is 18.5 Å². The van der Waals surface area contributed by atoms with Crippen molar-refractivity contribution in [3.8, 4) is 0 Å². The molecule has 164 valence electrons. The molecule has 0 aliphatic carbocycles. The minimum absolute atomic E-state index is 0.0319. The molecule has 2 aromatic carbocycles. The monoisotopic (exact) mass is 462 g/mol. The van der Waals surface area contributed by atoms with Crippen molar-refractivity contribution in [2.24, 2.45) is 5.92 Å². The van der Waals surface area contributed by atoms with Crippen LogP contribution in [-0.4, -0.2) is 26.1 Å². The molecule has 4 rings (SSSR count). The highest BCUT2D eigenvalue weighted by molar-refractivity contribution is 7.91. The third kappa shape index (κ3) is 3.96. The molecule has 1 aliphatic rings. The van der Waals surface area contributed by atoms with Crippen molar-refractivity contribution in [2.75, 3.05) is 18.0 Å². The Labute approximate surface area is 186 Å². The zero-order chi connectivity index (χ0) is 22.3. The van der Waals surface area contributed by atoms with Crippen molar-refractivity contribution in [3.05, 3.63) is 63.7 Å². The first kappa shape index (κ1) is 21.8. The number of fused-ring (bicyclic) bond motifs is 1. The van der Waals surface area contributed by atoms with Crippen molar-refractivity contribution < 1.29 is 12.8 Å². The molecule has 0 bridgehead atoms. The molecule has 1 aliphatic heterocycles. The Hall–Kier alpha value is -2.38. The normalized spacial score (nSPS) is 15.5. The van der Waals surface area contributed by atoms with E-state index in [2.05, 4.69) is 6.92 Å². The summed E-state index contributed by atoms with van der Waals surface area (Å²) in [6.07, 6.45) is 3.32. The first-order valence-electron chi connectivity index (χ1n) is 10.3. The molecule has 1 fully saturated rings. The maximum atomic E-state index is 15.1. The van der Waals surface area contributed by atoms with E-state index in [0.29, 0.717) is 28.7 Å². The summed E-state index contributed by atoms with van der Waals surface area (Å²) < 4.78 is 43.0. The van der Waals surface area contributed by atoms with Gasteiger partial charge in [0.2, 0.25) is 15.3 Å². The van der Waals surface area contributed by atoms with Crippen molar-refractivity contribution in [3.63, 3.8) is 0 Å². The van der Waals surface area contributed by atoms with Gasteiger partial charge in [-0.25, -0.2) is 12.8 Å². The fourth-order valence-corrected chi connectivity index (χ4v) is 5.55. The number of aromatic nitrogens is 1. The van der Waals surface area contributed by atoms with E-state index in [9.17, 15) is 13.2 Å². The summed E-state index contributed by atoms with van der Waals surface area (Å²) in [6, 6.07) is 8.48. The van der Waals surface area contributed by atoms with Crippen molar-refractivity contribution in [2.45, 2.75) is 43.0 Å². The average Bonchev–Trinajstić information content (AvgIpc) is 2.75. The first-order chi connectivity index (χ1) is 14.7. The number of halogens is 2. The third-order valence-electron chi connectivity index (χ3n) is 5.99. The maximum absolute atomic E-state index is 15.1. The van der Waals surface area contributed by atoms with Crippen LogP contribution in [0.3, 0.4) is 0 Å². The van der Waals surface area contributed by atoms with E-state index in [-0.39, 0.29) is 15.2 Å². The predicted molar refractivity (Wildman–Crippen MR) is 121 cm³/mol. The molecule has 0 N–H and O–H groups in total. The molecule has 5 nitrogen and oxygen atoms in total. The van der Waals surface area contributed by atoms with Crippen LogP contribution >= 0.6 is 11.6 Å². The molecule has 0 radical (unpaired) electrons. The summed E-state index contributed by atoms with van der Waals surface area (Å²) in [5, 5.41) is 0.452. The Kier molecular flexibility index (Phi) is 5.83. The quantitative estimate of drug-likeness (QED) is 0.554. The van der Waals surface area contributed by atoms with Gasteiger partial charge in [0.05, 0.1) is 21.5 Å². The average molecular weight is 463 g/mol. The number of hydrogen-bond acceptors (Lipinski definition) is 4. The molecule has 8 heteroatoms. The molecular formula is C23H24ClFN2O3S. The standard InChI is InChI=1S/C23H24ClFN2O3S/c1-3-26-14-22(31(29,30)17-6-4-16(24)5-7-17)23(28)18-12-19(25)21(13-20(18)26)27-10-8-15(2)9-11-27/h4-7,12-15H,3,8-11H2,1-2H3. The Morgan fingerprint density at radius 2 is 1.77 bits per heavy atom. The number of piperidine rings is 1. The Morgan fingerprint density at radius 3 is 2.39 bits per heavy atom. The van der Waals surface area contributed by atoms with Crippen LogP contribution in [0.1, 0.15) is 26.7 Å². The van der Waals surface area contributed by atoms with E-state index in [0.717, 1.165) is 25.9 Å². The van der Waals surface area contributed by atoms with Crippen LogP contribution in [0.15, 0.2) is 57.2 Å². The minimum Gasteiger partial charge on any atom is -0.369 e. The highest BCUT2D eigenvalue weighted by Gasteiger charge is 2.26. The molecule has 2 heterocycles. The second-order valence-corrected chi connectivity index (χ2v) is 10.4. The van der Waals surface area contributed by atoms with E-state index >= 15 is 4.39 Å². The van der Waals surface area contributed by atoms with Gasteiger partial charge in [-0.2, -0.15) is 0 Å². The molecule has 0 amide bonds. The fourth-order valence-electron chi connectivity index (χ4n) is 4.06. The summed E-state index contributed by atoms with van der Waals surface area (Å²) >= 11 is 5.86. The summed E-state index contributed by atoms with van der Waals surface area (Å²) in [5.74, 6) is 0.0945. The van der Waals surface area contributed by atoms with Crippen LogP contribution in [0, 0.1) is 11.7 Å². The molecule has 0 unspecified atom stereocenters. The van der Waals surface area contributed by atoms with Crippen LogP contribution in [0.4, 0.5) is 10.1 Å². The number of anilines is 1. The molecule has 0 atom stereocenters. The zero-order valence-corrected chi connectivity index (χ0v) is 19.0. The highest BCUT2D eigenvalue weighted by Crippen LogP contribution is 2.30. The van der Waals surface area contributed by atoms with Crippen molar-refractivity contribution >= 4 is 38.0 Å². The van der Waals surface area contributed by atoms with Crippen LogP contribution in [0.25, 0.3) is 10.9 Å². The second-order valence-electron chi connectivity index (χ2n) is 8.06. The topological polar surface area (TPSA) is 59.4 Å². The Morgan fingerprint density at radius 1 is 1.13 bits per heavy atom.